The highest BCUT2D eigenvalue weighted by atomic mass is 35.5. The van der Waals surface area contributed by atoms with Crippen molar-refractivity contribution in [1.82, 2.24) is 4.98 Å². The third-order valence-electron chi connectivity index (χ3n) is 2.27. The number of carbonyl (C=O) groups is 1. The fourth-order valence-corrected chi connectivity index (χ4v) is 1.69. The van der Waals surface area contributed by atoms with Gasteiger partial charge in [0.15, 0.2) is 5.78 Å². The van der Waals surface area contributed by atoms with Gasteiger partial charge in [0.2, 0.25) is 0 Å². The van der Waals surface area contributed by atoms with E-state index < -0.39 is 0 Å². The van der Waals surface area contributed by atoms with Crippen molar-refractivity contribution < 1.29 is 4.79 Å². The Morgan fingerprint density at radius 2 is 2.29 bits per heavy atom. The molecule has 0 radical (unpaired) electrons. The van der Waals surface area contributed by atoms with E-state index >= 15 is 0 Å². The minimum absolute atomic E-state index is 0.151. The fourth-order valence-electron chi connectivity index (χ4n) is 1.52. The first-order valence-corrected chi connectivity index (χ1v) is 4.90. The Hall–Kier alpha value is -1.28. The van der Waals surface area contributed by atoms with Crippen LogP contribution in [0.1, 0.15) is 23.7 Å². The van der Waals surface area contributed by atoms with Gasteiger partial charge in [-0.25, -0.2) is 0 Å². The monoisotopic (exact) mass is 207 g/mol. The lowest BCUT2D eigenvalue weighted by Crippen LogP contribution is -1.93. The molecule has 0 saturated heterocycles. The van der Waals surface area contributed by atoms with E-state index in [2.05, 4.69) is 4.98 Å². The molecule has 2 aromatic rings. The average molecular weight is 208 g/mol. The zero-order valence-corrected chi connectivity index (χ0v) is 8.56. The van der Waals surface area contributed by atoms with E-state index in [4.69, 9.17) is 11.6 Å². The molecule has 1 aromatic carbocycles. The van der Waals surface area contributed by atoms with Gasteiger partial charge >= 0.3 is 0 Å². The van der Waals surface area contributed by atoms with Crippen LogP contribution >= 0.6 is 11.6 Å². The van der Waals surface area contributed by atoms with Gasteiger partial charge < -0.3 is 4.98 Å². The Labute approximate surface area is 86.9 Å². The smallest absolute Gasteiger partial charge is 0.164 e. The van der Waals surface area contributed by atoms with Crippen LogP contribution in [-0.4, -0.2) is 10.8 Å². The van der Waals surface area contributed by atoms with Gasteiger partial charge in [0, 0.05) is 34.1 Å². The van der Waals surface area contributed by atoms with Crippen molar-refractivity contribution in [3.05, 3.63) is 35.0 Å². The predicted octanol–water partition coefficient (Wildman–Crippen LogP) is 3.41. The predicted molar refractivity (Wildman–Crippen MR) is 57.9 cm³/mol. The number of rotatable bonds is 2. The van der Waals surface area contributed by atoms with Crippen LogP contribution in [0.25, 0.3) is 10.9 Å². The molecule has 0 aliphatic carbocycles. The molecule has 14 heavy (non-hydrogen) atoms. The van der Waals surface area contributed by atoms with Crippen molar-refractivity contribution in [1.29, 1.82) is 0 Å². The quantitative estimate of drug-likeness (QED) is 0.753. The van der Waals surface area contributed by atoms with Gasteiger partial charge in [0.25, 0.3) is 0 Å². The maximum atomic E-state index is 11.5. The number of hydrogen-bond donors (Lipinski definition) is 1. The number of aromatic amines is 1. The molecule has 0 atom stereocenters. The number of fused-ring (bicyclic) bond motifs is 1. The summed E-state index contributed by atoms with van der Waals surface area (Å²) in [6, 6.07) is 5.49. The second-order valence-electron chi connectivity index (χ2n) is 3.17. The summed E-state index contributed by atoms with van der Waals surface area (Å²) >= 11 is 5.84. The summed E-state index contributed by atoms with van der Waals surface area (Å²) in [4.78, 5) is 14.6. The minimum Gasteiger partial charge on any atom is -0.360 e. The number of halogens is 1. The molecule has 0 fully saturated rings. The SMILES string of the molecule is CCC(=O)c1c[nH]c2cc(Cl)ccc12. The lowest BCUT2D eigenvalue weighted by Gasteiger charge is -1.95. The molecule has 0 spiro atoms. The standard InChI is InChI=1S/C11H10ClNO/c1-2-11(14)9-6-13-10-5-7(12)3-4-8(9)10/h3-6,13H,2H2,1H3. The first-order valence-electron chi connectivity index (χ1n) is 4.52. The maximum absolute atomic E-state index is 11.5. The summed E-state index contributed by atoms with van der Waals surface area (Å²) < 4.78 is 0. The minimum atomic E-state index is 0.151. The summed E-state index contributed by atoms with van der Waals surface area (Å²) in [5, 5.41) is 1.62. The highest BCUT2D eigenvalue weighted by Gasteiger charge is 2.09. The summed E-state index contributed by atoms with van der Waals surface area (Å²) in [6.07, 6.45) is 2.27. The normalized spacial score (nSPS) is 10.7. The molecule has 72 valence electrons. The van der Waals surface area contributed by atoms with Crippen LogP contribution in [0.4, 0.5) is 0 Å². The van der Waals surface area contributed by atoms with Crippen LogP contribution in [0.3, 0.4) is 0 Å². The maximum Gasteiger partial charge on any atom is 0.164 e. The Morgan fingerprint density at radius 1 is 1.50 bits per heavy atom. The number of Topliss-reactive ketones (excluding diaryl/α,β-unsaturated/α-hetero) is 1. The van der Waals surface area contributed by atoms with E-state index in [0.29, 0.717) is 11.4 Å². The molecule has 0 bridgehead atoms. The van der Waals surface area contributed by atoms with Crippen molar-refractivity contribution in [2.45, 2.75) is 13.3 Å². The van der Waals surface area contributed by atoms with Crippen molar-refractivity contribution >= 4 is 28.3 Å². The number of carbonyl (C=O) groups excluding carboxylic acids is 1. The summed E-state index contributed by atoms with van der Waals surface area (Å²) in [6.45, 7) is 1.86. The third-order valence-corrected chi connectivity index (χ3v) is 2.50. The molecule has 0 unspecified atom stereocenters. The van der Waals surface area contributed by atoms with Crippen LogP contribution < -0.4 is 0 Å². The number of hydrogen-bond acceptors (Lipinski definition) is 1. The molecule has 2 rings (SSSR count). The summed E-state index contributed by atoms with van der Waals surface area (Å²) in [7, 11) is 0. The van der Waals surface area contributed by atoms with E-state index in [1.165, 1.54) is 0 Å². The Kier molecular flexibility index (Phi) is 2.30. The van der Waals surface area contributed by atoms with Crippen molar-refractivity contribution in [3.8, 4) is 0 Å². The molecule has 2 nitrogen and oxygen atoms in total. The second-order valence-corrected chi connectivity index (χ2v) is 3.61. The molecule has 0 amide bonds. The first kappa shape index (κ1) is 9.28. The Morgan fingerprint density at radius 3 is 3.00 bits per heavy atom. The van der Waals surface area contributed by atoms with Gasteiger partial charge in [0.1, 0.15) is 0 Å². The molecule has 0 saturated carbocycles. The van der Waals surface area contributed by atoms with E-state index in [0.717, 1.165) is 16.5 Å². The van der Waals surface area contributed by atoms with Crippen molar-refractivity contribution in [3.63, 3.8) is 0 Å². The molecule has 1 heterocycles. The molecule has 1 aromatic heterocycles. The second kappa shape index (κ2) is 3.46. The first-order chi connectivity index (χ1) is 6.72. The molecule has 0 aliphatic rings. The van der Waals surface area contributed by atoms with E-state index in [9.17, 15) is 4.79 Å². The van der Waals surface area contributed by atoms with Crippen LogP contribution in [0.2, 0.25) is 5.02 Å². The van der Waals surface area contributed by atoms with Gasteiger partial charge in [-0.2, -0.15) is 0 Å². The van der Waals surface area contributed by atoms with Crippen molar-refractivity contribution in [2.24, 2.45) is 0 Å². The topological polar surface area (TPSA) is 32.9 Å². The van der Waals surface area contributed by atoms with Gasteiger partial charge in [-0.3, -0.25) is 4.79 Å². The Balaban J connectivity index is 2.64. The highest BCUT2D eigenvalue weighted by Crippen LogP contribution is 2.22. The van der Waals surface area contributed by atoms with E-state index in [1.807, 2.05) is 19.1 Å². The number of ketones is 1. The molecular weight excluding hydrogens is 198 g/mol. The molecule has 3 heteroatoms. The number of nitrogens with one attached hydrogen (secondary N) is 1. The third kappa shape index (κ3) is 1.42. The van der Waals surface area contributed by atoms with Crippen LogP contribution in [0.15, 0.2) is 24.4 Å². The lowest BCUT2D eigenvalue weighted by molar-refractivity contribution is 0.0990. The van der Waals surface area contributed by atoms with E-state index in [-0.39, 0.29) is 5.78 Å². The number of benzene rings is 1. The van der Waals surface area contributed by atoms with Crippen LogP contribution in [0, 0.1) is 0 Å². The lowest BCUT2D eigenvalue weighted by atomic mass is 10.1. The molecule has 0 aliphatic heterocycles. The molecule has 1 N–H and O–H groups in total. The Bertz CT molecular complexity index is 487. The van der Waals surface area contributed by atoms with Crippen LogP contribution in [-0.2, 0) is 0 Å². The van der Waals surface area contributed by atoms with Gasteiger partial charge in [0.05, 0.1) is 0 Å². The largest absolute Gasteiger partial charge is 0.360 e. The van der Waals surface area contributed by atoms with Gasteiger partial charge in [-0.05, 0) is 12.1 Å². The molecular formula is C11H10ClNO. The van der Waals surface area contributed by atoms with Gasteiger partial charge in [-0.1, -0.05) is 24.6 Å². The van der Waals surface area contributed by atoms with Crippen LogP contribution in [0.5, 0.6) is 0 Å². The van der Waals surface area contributed by atoms with Gasteiger partial charge in [-0.15, -0.1) is 0 Å². The number of aromatic nitrogens is 1. The summed E-state index contributed by atoms with van der Waals surface area (Å²) in [5.74, 6) is 0.151. The average Bonchev–Trinajstić information content (AvgIpc) is 2.59. The summed E-state index contributed by atoms with van der Waals surface area (Å²) in [5.41, 5.74) is 1.66. The zero-order valence-electron chi connectivity index (χ0n) is 7.80. The highest BCUT2D eigenvalue weighted by molar-refractivity contribution is 6.31. The fraction of sp³-hybridized carbons (Fsp3) is 0.182. The number of H-pyrrole nitrogens is 1. The van der Waals surface area contributed by atoms with Crippen molar-refractivity contribution in [2.75, 3.05) is 0 Å². The van der Waals surface area contributed by atoms with E-state index in [1.54, 1.807) is 12.3 Å². The zero-order chi connectivity index (χ0) is 10.1.